The number of aliphatic hydroxyl groups is 2. The van der Waals surface area contributed by atoms with E-state index in [1.807, 2.05) is 6.92 Å². The third-order valence-electron chi connectivity index (χ3n) is 6.24. The summed E-state index contributed by atoms with van der Waals surface area (Å²) >= 11 is 0. The summed E-state index contributed by atoms with van der Waals surface area (Å²) < 4.78 is 0. The van der Waals surface area contributed by atoms with Crippen molar-refractivity contribution in [2.75, 3.05) is 14.1 Å². The molecular formula is C24H39NO3. The Bertz CT molecular complexity index is 603. The van der Waals surface area contributed by atoms with Crippen LogP contribution in [0, 0.1) is 17.8 Å². The van der Waals surface area contributed by atoms with Gasteiger partial charge in [-0.1, -0.05) is 55.7 Å². The lowest BCUT2D eigenvalue weighted by Crippen LogP contribution is -2.23. The van der Waals surface area contributed by atoms with Gasteiger partial charge in [0.1, 0.15) is 0 Å². The van der Waals surface area contributed by atoms with Crippen molar-refractivity contribution in [3.63, 3.8) is 0 Å². The third-order valence-corrected chi connectivity index (χ3v) is 6.24. The van der Waals surface area contributed by atoms with Crippen LogP contribution in [0.1, 0.15) is 65.2 Å². The van der Waals surface area contributed by atoms with Gasteiger partial charge in [0.2, 0.25) is 5.91 Å². The Morgan fingerprint density at radius 2 is 2.11 bits per heavy atom. The second kappa shape index (κ2) is 10.4. The maximum Gasteiger partial charge on any atom is 0.222 e. The molecule has 28 heavy (non-hydrogen) atoms. The highest BCUT2D eigenvalue weighted by Gasteiger charge is 2.42. The molecule has 2 rings (SSSR count). The van der Waals surface area contributed by atoms with E-state index in [4.69, 9.17) is 0 Å². The van der Waals surface area contributed by atoms with E-state index >= 15 is 0 Å². The molecule has 1 amide bonds. The Morgan fingerprint density at radius 1 is 1.36 bits per heavy atom. The molecule has 0 bridgehead atoms. The van der Waals surface area contributed by atoms with Gasteiger partial charge in [-0.2, -0.15) is 0 Å². The highest BCUT2D eigenvalue weighted by molar-refractivity contribution is 5.75. The van der Waals surface area contributed by atoms with Crippen LogP contribution in [0.4, 0.5) is 0 Å². The van der Waals surface area contributed by atoms with Crippen LogP contribution < -0.4 is 0 Å². The van der Waals surface area contributed by atoms with Gasteiger partial charge in [-0.25, -0.2) is 0 Å². The molecule has 0 heterocycles. The summed E-state index contributed by atoms with van der Waals surface area (Å²) in [6, 6.07) is 0. The molecule has 158 valence electrons. The number of carbonyl (C=O) groups is 1. The predicted molar refractivity (Wildman–Crippen MR) is 115 cm³/mol. The van der Waals surface area contributed by atoms with Crippen molar-refractivity contribution in [1.82, 2.24) is 4.90 Å². The quantitative estimate of drug-likeness (QED) is 0.549. The number of allylic oxidation sites excluding steroid dienone is 4. The van der Waals surface area contributed by atoms with Crippen molar-refractivity contribution in [2.45, 2.75) is 76.9 Å². The van der Waals surface area contributed by atoms with Crippen molar-refractivity contribution < 1.29 is 15.0 Å². The summed E-state index contributed by atoms with van der Waals surface area (Å²) in [6.45, 7) is 4.04. The van der Waals surface area contributed by atoms with E-state index in [-0.39, 0.29) is 17.9 Å². The van der Waals surface area contributed by atoms with E-state index in [0.717, 1.165) is 38.5 Å². The summed E-state index contributed by atoms with van der Waals surface area (Å²) in [7, 11) is 3.57. The zero-order valence-corrected chi connectivity index (χ0v) is 18.1. The summed E-state index contributed by atoms with van der Waals surface area (Å²) in [5.74, 6) is 1.22. The van der Waals surface area contributed by atoms with Gasteiger partial charge in [0.25, 0.3) is 0 Å². The number of nitrogens with zero attached hydrogens (tertiary/aromatic N) is 1. The summed E-state index contributed by atoms with van der Waals surface area (Å²) in [5.41, 5.74) is 0.675. The first kappa shape index (κ1) is 22.9. The van der Waals surface area contributed by atoms with Crippen LogP contribution in [0.3, 0.4) is 0 Å². The first-order chi connectivity index (χ1) is 13.2. The van der Waals surface area contributed by atoms with Crippen LogP contribution >= 0.6 is 0 Å². The van der Waals surface area contributed by atoms with E-state index in [1.54, 1.807) is 19.0 Å². The molecule has 0 saturated heterocycles. The summed E-state index contributed by atoms with van der Waals surface area (Å²) in [6.07, 6.45) is 17.2. The van der Waals surface area contributed by atoms with Gasteiger partial charge in [0, 0.05) is 26.4 Å². The number of aliphatic hydroxyl groups excluding tert-OH is 1. The van der Waals surface area contributed by atoms with E-state index in [1.165, 1.54) is 5.57 Å². The smallest absolute Gasteiger partial charge is 0.222 e. The molecule has 0 aromatic heterocycles. The number of hydrogen-bond acceptors (Lipinski definition) is 3. The largest absolute Gasteiger partial charge is 0.392 e. The number of unbranched alkanes of at least 4 members (excludes halogenated alkanes) is 1. The summed E-state index contributed by atoms with van der Waals surface area (Å²) in [4.78, 5) is 13.3. The third kappa shape index (κ3) is 6.59. The van der Waals surface area contributed by atoms with Crippen LogP contribution in [0.2, 0.25) is 0 Å². The second-order valence-corrected chi connectivity index (χ2v) is 9.12. The molecular weight excluding hydrogens is 350 g/mol. The van der Waals surface area contributed by atoms with Crippen LogP contribution in [0.15, 0.2) is 36.0 Å². The van der Waals surface area contributed by atoms with Crippen molar-refractivity contribution in [3.05, 3.63) is 36.0 Å². The fourth-order valence-electron chi connectivity index (χ4n) is 4.47. The van der Waals surface area contributed by atoms with Gasteiger partial charge >= 0.3 is 0 Å². The Kier molecular flexibility index (Phi) is 8.51. The van der Waals surface area contributed by atoms with Crippen molar-refractivity contribution in [2.24, 2.45) is 17.8 Å². The number of amides is 1. The highest BCUT2D eigenvalue weighted by Crippen LogP contribution is 2.47. The molecule has 0 spiro atoms. The molecule has 0 aromatic rings. The minimum atomic E-state index is -0.652. The zero-order chi connectivity index (χ0) is 20.7. The highest BCUT2D eigenvalue weighted by atomic mass is 16.3. The van der Waals surface area contributed by atoms with E-state index in [9.17, 15) is 15.0 Å². The number of carbonyl (C=O) groups excluding carboxylic acids is 1. The van der Waals surface area contributed by atoms with Gasteiger partial charge in [0.05, 0.1) is 11.7 Å². The van der Waals surface area contributed by atoms with E-state index < -0.39 is 5.60 Å². The van der Waals surface area contributed by atoms with Gasteiger partial charge in [-0.15, -0.1) is 0 Å². The maximum atomic E-state index is 11.6. The average molecular weight is 390 g/mol. The molecule has 2 aliphatic rings. The monoisotopic (exact) mass is 389 g/mol. The Balaban J connectivity index is 1.84. The molecule has 1 saturated carbocycles. The fourth-order valence-corrected chi connectivity index (χ4v) is 4.47. The minimum absolute atomic E-state index is 0.157. The Hall–Kier alpha value is -1.39. The lowest BCUT2D eigenvalue weighted by Gasteiger charge is -2.22. The average Bonchev–Trinajstić information content (AvgIpc) is 3.14. The minimum Gasteiger partial charge on any atom is -0.392 e. The van der Waals surface area contributed by atoms with Crippen molar-refractivity contribution in [3.8, 4) is 0 Å². The van der Waals surface area contributed by atoms with Gasteiger partial charge in [-0.05, 0) is 50.9 Å². The first-order valence-electron chi connectivity index (χ1n) is 10.9. The summed E-state index contributed by atoms with van der Waals surface area (Å²) in [5, 5.41) is 20.9. The van der Waals surface area contributed by atoms with Crippen LogP contribution in [-0.4, -0.2) is 46.8 Å². The van der Waals surface area contributed by atoms with E-state index in [2.05, 4.69) is 37.3 Å². The normalized spacial score (nSPS) is 29.3. The molecule has 0 unspecified atom stereocenters. The molecule has 4 nitrogen and oxygen atoms in total. The lowest BCUT2D eigenvalue weighted by atomic mass is 9.88. The SMILES string of the molecule is CCCC[C@](C)(O)C/C=C/[C@@H]1[C@H]2CC(/C=C\CCC(=O)N(C)C)=C[C@H]2C[C@H]1O. The van der Waals surface area contributed by atoms with Crippen molar-refractivity contribution >= 4 is 5.91 Å². The topological polar surface area (TPSA) is 60.8 Å². The molecule has 2 N–H and O–H groups in total. The predicted octanol–water partition coefficient (Wildman–Crippen LogP) is 4.24. The van der Waals surface area contributed by atoms with E-state index in [0.29, 0.717) is 24.7 Å². The standard InChI is InChI=1S/C24H39NO3/c1-5-6-13-24(2,28)14-9-11-20-21-16-18(15-19(21)17-22(20)26)10-7-8-12-23(27)25(3)4/h7,9-11,15,19-22,26,28H,5-6,8,12-14,16-17H2,1-4H3/b10-7-,11-9+/t19-,20+,21-,22+,24-/m0/s1. The maximum absolute atomic E-state index is 11.6. The molecule has 5 atom stereocenters. The number of hydrogen-bond donors (Lipinski definition) is 2. The molecule has 0 radical (unpaired) electrons. The van der Waals surface area contributed by atoms with Crippen LogP contribution in [0.25, 0.3) is 0 Å². The lowest BCUT2D eigenvalue weighted by molar-refractivity contribution is -0.128. The van der Waals surface area contributed by atoms with Gasteiger partial charge < -0.3 is 15.1 Å². The van der Waals surface area contributed by atoms with Crippen LogP contribution in [-0.2, 0) is 4.79 Å². The van der Waals surface area contributed by atoms with Crippen molar-refractivity contribution in [1.29, 1.82) is 0 Å². The molecule has 1 fully saturated rings. The second-order valence-electron chi connectivity index (χ2n) is 9.12. The van der Waals surface area contributed by atoms with Crippen LogP contribution in [0.5, 0.6) is 0 Å². The van der Waals surface area contributed by atoms with Gasteiger partial charge in [0.15, 0.2) is 0 Å². The molecule has 0 aromatic carbocycles. The Labute approximate surface area is 171 Å². The fraction of sp³-hybridized carbons (Fsp3) is 0.708. The molecule has 2 aliphatic carbocycles. The Morgan fingerprint density at radius 3 is 2.79 bits per heavy atom. The zero-order valence-electron chi connectivity index (χ0n) is 18.1. The van der Waals surface area contributed by atoms with Gasteiger partial charge in [-0.3, -0.25) is 4.79 Å². The number of rotatable bonds is 10. The number of fused-ring (bicyclic) bond motifs is 1. The first-order valence-corrected chi connectivity index (χ1v) is 10.9. The molecule has 0 aliphatic heterocycles. The molecule has 4 heteroatoms.